The van der Waals surface area contributed by atoms with Gasteiger partial charge >= 0.3 is 0 Å². The Kier molecular flexibility index (Phi) is 4.53. The lowest BCUT2D eigenvalue weighted by molar-refractivity contribution is 0.0916. The fraction of sp³-hybridized carbons (Fsp3) is 0.333. The van der Waals surface area contributed by atoms with Crippen molar-refractivity contribution in [3.05, 3.63) is 48.3 Å². The number of para-hydroxylation sites is 1. The molecule has 5 nitrogen and oxygen atoms in total. The van der Waals surface area contributed by atoms with Crippen molar-refractivity contribution >= 4 is 5.91 Å². The highest BCUT2D eigenvalue weighted by Gasteiger charge is 2.16. The van der Waals surface area contributed by atoms with E-state index in [0.717, 1.165) is 5.69 Å². The first kappa shape index (κ1) is 14.3. The van der Waals surface area contributed by atoms with Crippen LogP contribution in [0.25, 0.3) is 5.69 Å². The van der Waals surface area contributed by atoms with Crippen LogP contribution < -0.4 is 5.32 Å². The molecule has 0 fully saturated rings. The lowest BCUT2D eigenvalue weighted by atomic mass is 10.1. The van der Waals surface area contributed by atoms with E-state index in [9.17, 15) is 4.79 Å². The summed E-state index contributed by atoms with van der Waals surface area (Å²) in [5.74, 6) is -0.164. The molecule has 2 atom stereocenters. The number of carbonyl (C=O) groups excluding carboxylic acids is 1. The lowest BCUT2D eigenvalue weighted by Crippen LogP contribution is -2.38. The molecular formula is C15H19N3O2. The van der Waals surface area contributed by atoms with Crippen molar-refractivity contribution in [1.82, 2.24) is 15.1 Å². The topological polar surface area (TPSA) is 67.2 Å². The van der Waals surface area contributed by atoms with Crippen LogP contribution >= 0.6 is 0 Å². The standard InChI is InChI=1S/C15H19N3O2/c1-11(10-19)12(2)17-15(20)13-8-16-18(9-13)14-6-4-3-5-7-14/h3-9,11-12,19H,10H2,1-2H3,(H,17,20). The first-order valence-corrected chi connectivity index (χ1v) is 6.63. The SMILES string of the molecule is CC(CO)C(C)NC(=O)c1cnn(-c2ccccc2)c1. The monoisotopic (exact) mass is 273 g/mol. The van der Waals surface area contributed by atoms with Gasteiger partial charge in [0.2, 0.25) is 0 Å². The maximum Gasteiger partial charge on any atom is 0.254 e. The van der Waals surface area contributed by atoms with Gasteiger partial charge in [-0.15, -0.1) is 0 Å². The molecule has 2 rings (SSSR count). The van der Waals surface area contributed by atoms with Gasteiger partial charge in [0.25, 0.3) is 5.91 Å². The van der Waals surface area contributed by atoms with Crippen molar-refractivity contribution in [2.24, 2.45) is 5.92 Å². The predicted octanol–water partition coefficient (Wildman–Crippen LogP) is 1.62. The smallest absolute Gasteiger partial charge is 0.254 e. The minimum atomic E-state index is -0.181. The number of nitrogens with zero attached hydrogens (tertiary/aromatic N) is 2. The highest BCUT2D eigenvalue weighted by Crippen LogP contribution is 2.08. The highest BCUT2D eigenvalue weighted by molar-refractivity contribution is 5.93. The molecular weight excluding hydrogens is 254 g/mol. The van der Waals surface area contributed by atoms with E-state index in [1.165, 1.54) is 0 Å². The van der Waals surface area contributed by atoms with Crippen LogP contribution in [0.5, 0.6) is 0 Å². The van der Waals surface area contributed by atoms with Gasteiger partial charge in [-0.05, 0) is 25.0 Å². The van der Waals surface area contributed by atoms with E-state index in [1.807, 2.05) is 44.2 Å². The zero-order chi connectivity index (χ0) is 14.5. The van der Waals surface area contributed by atoms with Crippen molar-refractivity contribution in [3.8, 4) is 5.69 Å². The van der Waals surface area contributed by atoms with Gasteiger partial charge in [-0.3, -0.25) is 4.79 Å². The zero-order valence-electron chi connectivity index (χ0n) is 11.7. The van der Waals surface area contributed by atoms with Gasteiger partial charge in [0.1, 0.15) is 0 Å². The van der Waals surface area contributed by atoms with Gasteiger partial charge in [0, 0.05) is 18.8 Å². The molecule has 1 aromatic heterocycles. The Morgan fingerprint density at radius 1 is 1.35 bits per heavy atom. The van der Waals surface area contributed by atoms with Gasteiger partial charge in [0.15, 0.2) is 0 Å². The third kappa shape index (κ3) is 3.24. The summed E-state index contributed by atoms with van der Waals surface area (Å²) in [5.41, 5.74) is 1.41. The number of aliphatic hydroxyl groups is 1. The molecule has 0 radical (unpaired) electrons. The van der Waals surface area contributed by atoms with E-state index in [1.54, 1.807) is 17.1 Å². The fourth-order valence-corrected chi connectivity index (χ4v) is 1.75. The van der Waals surface area contributed by atoms with Crippen LogP contribution in [0.2, 0.25) is 0 Å². The summed E-state index contributed by atoms with van der Waals surface area (Å²) in [4.78, 5) is 12.1. The Morgan fingerprint density at radius 2 is 2.05 bits per heavy atom. The Balaban J connectivity index is 2.07. The van der Waals surface area contributed by atoms with Gasteiger partial charge in [-0.2, -0.15) is 5.10 Å². The van der Waals surface area contributed by atoms with E-state index in [4.69, 9.17) is 5.11 Å². The number of carbonyl (C=O) groups is 1. The maximum atomic E-state index is 12.1. The molecule has 0 aliphatic rings. The molecule has 1 aromatic carbocycles. The summed E-state index contributed by atoms with van der Waals surface area (Å²) in [6.45, 7) is 3.81. The quantitative estimate of drug-likeness (QED) is 0.870. The molecule has 2 N–H and O–H groups in total. The van der Waals surface area contributed by atoms with Crippen LogP contribution in [-0.4, -0.2) is 33.4 Å². The van der Waals surface area contributed by atoms with Crippen molar-refractivity contribution in [3.63, 3.8) is 0 Å². The highest BCUT2D eigenvalue weighted by atomic mass is 16.3. The Morgan fingerprint density at radius 3 is 2.70 bits per heavy atom. The lowest BCUT2D eigenvalue weighted by Gasteiger charge is -2.18. The average Bonchev–Trinajstić information content (AvgIpc) is 2.97. The molecule has 2 unspecified atom stereocenters. The number of rotatable bonds is 5. The second-order valence-electron chi connectivity index (χ2n) is 4.93. The minimum Gasteiger partial charge on any atom is -0.396 e. The van der Waals surface area contributed by atoms with Crippen LogP contribution in [0.3, 0.4) is 0 Å². The summed E-state index contributed by atoms with van der Waals surface area (Å²) < 4.78 is 1.66. The van der Waals surface area contributed by atoms with Gasteiger partial charge < -0.3 is 10.4 Å². The molecule has 1 amide bonds. The third-order valence-corrected chi connectivity index (χ3v) is 3.37. The van der Waals surface area contributed by atoms with Gasteiger partial charge in [-0.1, -0.05) is 25.1 Å². The zero-order valence-corrected chi connectivity index (χ0v) is 11.7. The van der Waals surface area contributed by atoms with E-state index < -0.39 is 0 Å². The second kappa shape index (κ2) is 6.34. The van der Waals surface area contributed by atoms with Crippen LogP contribution in [0.1, 0.15) is 24.2 Å². The number of hydrogen-bond acceptors (Lipinski definition) is 3. The average molecular weight is 273 g/mol. The molecule has 0 aliphatic heterocycles. The van der Waals surface area contributed by atoms with E-state index in [2.05, 4.69) is 10.4 Å². The van der Waals surface area contributed by atoms with E-state index >= 15 is 0 Å². The molecule has 0 saturated heterocycles. The predicted molar refractivity (Wildman–Crippen MR) is 76.7 cm³/mol. The molecule has 0 bridgehead atoms. The Bertz CT molecular complexity index is 566. The van der Waals surface area contributed by atoms with Gasteiger partial charge in [-0.25, -0.2) is 4.68 Å². The Hall–Kier alpha value is -2.14. The summed E-state index contributed by atoms with van der Waals surface area (Å²) >= 11 is 0. The van der Waals surface area contributed by atoms with Crippen LogP contribution in [0.4, 0.5) is 0 Å². The summed E-state index contributed by atoms with van der Waals surface area (Å²) in [5, 5.41) is 16.1. The van der Waals surface area contributed by atoms with Crippen molar-refractivity contribution in [2.45, 2.75) is 19.9 Å². The molecule has 0 aliphatic carbocycles. The number of aromatic nitrogens is 2. The number of benzene rings is 1. The largest absolute Gasteiger partial charge is 0.396 e. The van der Waals surface area contributed by atoms with E-state index in [0.29, 0.717) is 5.56 Å². The molecule has 2 aromatic rings. The second-order valence-corrected chi connectivity index (χ2v) is 4.93. The molecule has 106 valence electrons. The first-order chi connectivity index (χ1) is 9.61. The first-order valence-electron chi connectivity index (χ1n) is 6.63. The Labute approximate surface area is 118 Å². The fourth-order valence-electron chi connectivity index (χ4n) is 1.75. The van der Waals surface area contributed by atoms with Crippen molar-refractivity contribution in [2.75, 3.05) is 6.61 Å². The summed E-state index contributed by atoms with van der Waals surface area (Å²) in [6, 6.07) is 9.52. The summed E-state index contributed by atoms with van der Waals surface area (Å²) in [6.07, 6.45) is 3.24. The molecule has 5 heteroatoms. The molecule has 20 heavy (non-hydrogen) atoms. The van der Waals surface area contributed by atoms with E-state index in [-0.39, 0.29) is 24.5 Å². The molecule has 0 saturated carbocycles. The molecule has 0 spiro atoms. The number of aliphatic hydroxyl groups excluding tert-OH is 1. The summed E-state index contributed by atoms with van der Waals surface area (Å²) in [7, 11) is 0. The normalized spacial score (nSPS) is 13.8. The van der Waals surface area contributed by atoms with Crippen LogP contribution in [0.15, 0.2) is 42.7 Å². The van der Waals surface area contributed by atoms with Crippen LogP contribution in [0, 0.1) is 5.92 Å². The minimum absolute atomic E-state index is 0.0168. The van der Waals surface area contributed by atoms with Crippen molar-refractivity contribution in [1.29, 1.82) is 0 Å². The van der Waals surface area contributed by atoms with Crippen molar-refractivity contribution < 1.29 is 9.90 Å². The van der Waals surface area contributed by atoms with Gasteiger partial charge in [0.05, 0.1) is 17.4 Å². The maximum absolute atomic E-state index is 12.1. The number of nitrogens with one attached hydrogen (secondary N) is 1. The molecule has 1 heterocycles. The number of hydrogen-bond donors (Lipinski definition) is 2. The van der Waals surface area contributed by atoms with Crippen LogP contribution in [-0.2, 0) is 0 Å². The number of amides is 1. The third-order valence-electron chi connectivity index (χ3n) is 3.37.